The van der Waals surface area contributed by atoms with Crippen LogP contribution in [0.3, 0.4) is 0 Å². The lowest BCUT2D eigenvalue weighted by Gasteiger charge is -2.16. The average Bonchev–Trinajstić information content (AvgIpc) is 3.10. The molecule has 1 aromatic carbocycles. The van der Waals surface area contributed by atoms with E-state index in [1.54, 1.807) is 4.90 Å². The van der Waals surface area contributed by atoms with E-state index in [4.69, 9.17) is 10.5 Å². The molecule has 2 aromatic rings. The van der Waals surface area contributed by atoms with Crippen LogP contribution in [0.25, 0.3) is 11.3 Å². The Morgan fingerprint density at radius 3 is 3.05 bits per heavy atom. The van der Waals surface area contributed by atoms with Gasteiger partial charge in [0.05, 0.1) is 18.4 Å². The number of hydrogen-bond acceptors (Lipinski definition) is 4. The maximum atomic E-state index is 12.0. The van der Waals surface area contributed by atoms with Gasteiger partial charge in [0.1, 0.15) is 6.10 Å². The summed E-state index contributed by atoms with van der Waals surface area (Å²) in [5.74, 6) is 0. The second-order valence-corrected chi connectivity index (χ2v) is 5.82. The number of anilines is 1. The topological polar surface area (TPSA) is 84.2 Å². The highest BCUT2D eigenvalue weighted by Gasteiger charge is 2.31. The molecule has 1 saturated heterocycles. The van der Waals surface area contributed by atoms with Crippen LogP contribution in [0.5, 0.6) is 0 Å². The number of hydrogen-bond donors (Lipinski definition) is 2. The normalized spacial score (nSPS) is 20.3. The van der Waals surface area contributed by atoms with Crippen molar-refractivity contribution in [2.45, 2.75) is 25.4 Å². The van der Waals surface area contributed by atoms with E-state index in [2.05, 4.69) is 22.3 Å². The fourth-order valence-corrected chi connectivity index (χ4v) is 3.26. The third-order valence-electron chi connectivity index (χ3n) is 4.42. The van der Waals surface area contributed by atoms with Gasteiger partial charge in [0, 0.05) is 17.8 Å². The summed E-state index contributed by atoms with van der Waals surface area (Å²) in [5.41, 5.74) is 11.2. The van der Waals surface area contributed by atoms with E-state index in [1.807, 2.05) is 12.3 Å². The summed E-state index contributed by atoms with van der Waals surface area (Å²) < 4.78 is 5.24. The number of carbonyl (C=O) groups excluding carboxylic acids is 1. The number of aromatic nitrogens is 2. The molecule has 1 aliphatic heterocycles. The van der Waals surface area contributed by atoms with Crippen molar-refractivity contribution < 1.29 is 9.53 Å². The third kappa shape index (κ3) is 2.07. The first-order valence-electron chi connectivity index (χ1n) is 7.60. The molecule has 1 unspecified atom stereocenters. The van der Waals surface area contributed by atoms with Crippen molar-refractivity contribution in [2.24, 2.45) is 5.73 Å². The molecule has 6 heteroatoms. The Bertz CT molecular complexity index is 725. The van der Waals surface area contributed by atoms with Gasteiger partial charge in [-0.25, -0.2) is 4.79 Å². The Hall–Kier alpha value is -2.34. The molecule has 22 heavy (non-hydrogen) atoms. The van der Waals surface area contributed by atoms with Gasteiger partial charge in [0.2, 0.25) is 0 Å². The predicted octanol–water partition coefficient (Wildman–Crippen LogP) is 1.85. The number of cyclic esters (lactones) is 1. The number of fused-ring (bicyclic) bond motifs is 3. The number of carbonyl (C=O) groups is 1. The molecule has 3 N–H and O–H groups in total. The molecule has 1 aromatic heterocycles. The smallest absolute Gasteiger partial charge is 0.414 e. The molecule has 0 spiro atoms. The van der Waals surface area contributed by atoms with Gasteiger partial charge in [-0.1, -0.05) is 6.07 Å². The molecule has 114 valence electrons. The zero-order valence-electron chi connectivity index (χ0n) is 12.2. The molecule has 2 aliphatic rings. The lowest BCUT2D eigenvalue weighted by Crippen LogP contribution is -2.27. The highest BCUT2D eigenvalue weighted by molar-refractivity contribution is 5.90. The van der Waals surface area contributed by atoms with Gasteiger partial charge in [-0.2, -0.15) is 5.10 Å². The molecule has 0 saturated carbocycles. The molecule has 4 rings (SSSR count). The SMILES string of the molecule is NCC1CN(c2ccc3c(c2)CCCc2cn[nH]c2-3)C(=O)O1. The maximum Gasteiger partial charge on any atom is 0.414 e. The van der Waals surface area contributed by atoms with E-state index in [0.717, 1.165) is 30.6 Å². The zero-order valence-corrected chi connectivity index (χ0v) is 12.2. The van der Waals surface area contributed by atoms with Crippen LogP contribution < -0.4 is 10.6 Å². The van der Waals surface area contributed by atoms with Gasteiger partial charge >= 0.3 is 6.09 Å². The van der Waals surface area contributed by atoms with Gasteiger partial charge in [-0.05, 0) is 42.5 Å². The largest absolute Gasteiger partial charge is 0.443 e. The van der Waals surface area contributed by atoms with Gasteiger partial charge in [0.15, 0.2) is 0 Å². The fraction of sp³-hybridized carbons (Fsp3) is 0.375. The highest BCUT2D eigenvalue weighted by atomic mass is 16.6. The van der Waals surface area contributed by atoms with Gasteiger partial charge in [-0.15, -0.1) is 0 Å². The number of ether oxygens (including phenoxy) is 1. The third-order valence-corrected chi connectivity index (χ3v) is 4.42. The lowest BCUT2D eigenvalue weighted by molar-refractivity contribution is 0.145. The summed E-state index contributed by atoms with van der Waals surface area (Å²) in [5, 5.41) is 7.25. The summed E-state index contributed by atoms with van der Waals surface area (Å²) in [4.78, 5) is 13.6. The second kappa shape index (κ2) is 5.14. The summed E-state index contributed by atoms with van der Waals surface area (Å²) >= 11 is 0. The average molecular weight is 298 g/mol. The summed E-state index contributed by atoms with van der Waals surface area (Å²) in [6.07, 6.45) is 4.48. The van der Waals surface area contributed by atoms with Crippen LogP contribution in [0.15, 0.2) is 24.4 Å². The second-order valence-electron chi connectivity index (χ2n) is 5.82. The molecule has 6 nitrogen and oxygen atoms in total. The fourth-order valence-electron chi connectivity index (χ4n) is 3.26. The Balaban J connectivity index is 1.71. The highest BCUT2D eigenvalue weighted by Crippen LogP contribution is 2.34. The molecule has 0 radical (unpaired) electrons. The van der Waals surface area contributed by atoms with Crippen molar-refractivity contribution in [3.63, 3.8) is 0 Å². The van der Waals surface area contributed by atoms with E-state index in [9.17, 15) is 4.79 Å². The number of nitrogens with one attached hydrogen (secondary N) is 1. The van der Waals surface area contributed by atoms with Crippen LogP contribution in [-0.4, -0.2) is 35.5 Å². The summed E-state index contributed by atoms with van der Waals surface area (Å²) in [7, 11) is 0. The Labute approximate surface area is 128 Å². The number of benzene rings is 1. The van der Waals surface area contributed by atoms with Gasteiger partial charge in [0.25, 0.3) is 0 Å². The molecule has 1 atom stereocenters. The van der Waals surface area contributed by atoms with Crippen molar-refractivity contribution >= 4 is 11.8 Å². The lowest BCUT2D eigenvalue weighted by atomic mass is 10.0. The number of rotatable bonds is 2. The van der Waals surface area contributed by atoms with E-state index in [-0.39, 0.29) is 12.2 Å². The molecular weight excluding hydrogens is 280 g/mol. The van der Waals surface area contributed by atoms with E-state index < -0.39 is 0 Å². The summed E-state index contributed by atoms with van der Waals surface area (Å²) in [6, 6.07) is 6.12. The number of aryl methyl sites for hydroxylation is 2. The van der Waals surface area contributed by atoms with E-state index in [1.165, 1.54) is 16.7 Å². The van der Waals surface area contributed by atoms with Crippen molar-refractivity contribution in [3.05, 3.63) is 35.5 Å². The van der Waals surface area contributed by atoms with Crippen LogP contribution in [0.1, 0.15) is 17.5 Å². The number of aromatic amines is 1. The predicted molar refractivity (Wildman–Crippen MR) is 82.7 cm³/mol. The number of nitrogens with zero attached hydrogens (tertiary/aromatic N) is 2. The minimum atomic E-state index is -0.314. The molecule has 0 bridgehead atoms. The minimum Gasteiger partial charge on any atom is -0.443 e. The molecule has 1 aliphatic carbocycles. The first-order chi connectivity index (χ1) is 10.8. The van der Waals surface area contributed by atoms with Crippen LogP contribution in [0.4, 0.5) is 10.5 Å². The Morgan fingerprint density at radius 2 is 2.23 bits per heavy atom. The van der Waals surface area contributed by atoms with Crippen LogP contribution >= 0.6 is 0 Å². The van der Waals surface area contributed by atoms with Crippen LogP contribution in [-0.2, 0) is 17.6 Å². The number of nitrogens with two attached hydrogens (primary N) is 1. The maximum absolute atomic E-state index is 12.0. The first kappa shape index (κ1) is 13.3. The quantitative estimate of drug-likeness (QED) is 0.886. The van der Waals surface area contributed by atoms with Crippen molar-refractivity contribution in [1.82, 2.24) is 10.2 Å². The molecule has 1 amide bonds. The monoisotopic (exact) mass is 298 g/mol. The van der Waals surface area contributed by atoms with Gasteiger partial charge in [-0.3, -0.25) is 10.00 Å². The number of amides is 1. The van der Waals surface area contributed by atoms with Crippen LogP contribution in [0.2, 0.25) is 0 Å². The van der Waals surface area contributed by atoms with Crippen molar-refractivity contribution in [1.29, 1.82) is 0 Å². The zero-order chi connectivity index (χ0) is 15.1. The molecule has 1 fully saturated rings. The summed E-state index contributed by atoms with van der Waals surface area (Å²) in [6.45, 7) is 0.869. The Kier molecular flexibility index (Phi) is 3.11. The number of H-pyrrole nitrogens is 1. The molecule has 2 heterocycles. The van der Waals surface area contributed by atoms with Crippen LogP contribution in [0, 0.1) is 0 Å². The van der Waals surface area contributed by atoms with Gasteiger partial charge < -0.3 is 10.5 Å². The molecular formula is C16H18N4O2. The minimum absolute atomic E-state index is 0.217. The van der Waals surface area contributed by atoms with E-state index >= 15 is 0 Å². The van der Waals surface area contributed by atoms with Crippen molar-refractivity contribution in [3.8, 4) is 11.3 Å². The van der Waals surface area contributed by atoms with E-state index in [0.29, 0.717) is 13.1 Å². The van der Waals surface area contributed by atoms with Crippen molar-refractivity contribution in [2.75, 3.05) is 18.0 Å². The Morgan fingerprint density at radius 1 is 1.36 bits per heavy atom. The standard InChI is InChI=1S/C16H18N4O2/c17-7-13-9-20(16(21)22-13)12-4-5-14-10(6-12)2-1-3-11-8-18-19-15(11)14/h4-6,8,13H,1-3,7,9,17H2,(H,18,19). The first-order valence-corrected chi connectivity index (χ1v) is 7.60.